The highest BCUT2D eigenvalue weighted by atomic mass is 32.2. The molecule has 0 radical (unpaired) electrons. The number of aryl methyl sites for hydroxylation is 1. The van der Waals surface area contributed by atoms with E-state index in [0.29, 0.717) is 23.7 Å². The topological polar surface area (TPSA) is 75.3 Å². The van der Waals surface area contributed by atoms with Crippen LogP contribution >= 0.6 is 11.8 Å². The monoisotopic (exact) mass is 335 g/mol. The molecule has 2 aromatic rings. The molecule has 0 spiro atoms. The van der Waals surface area contributed by atoms with Crippen LogP contribution in [0.4, 0.5) is 19.0 Å². The molecule has 0 aliphatic heterocycles. The van der Waals surface area contributed by atoms with Crippen LogP contribution in [-0.2, 0) is 6.18 Å². The van der Waals surface area contributed by atoms with Gasteiger partial charge in [-0.25, -0.2) is 4.98 Å². The van der Waals surface area contributed by atoms with Gasteiger partial charge in [0.25, 0.3) is 11.6 Å². The minimum atomic E-state index is -4.62. The minimum absolute atomic E-state index is 0.0173. The first-order chi connectivity index (χ1) is 10.3. The van der Waals surface area contributed by atoms with E-state index in [4.69, 9.17) is 5.11 Å². The SMILES string of the molecule is CSCC(CCO)Nc1cc(C)nc2nc(C(F)(F)F)nn12. The molecular weight excluding hydrogens is 319 g/mol. The van der Waals surface area contributed by atoms with E-state index in [0.717, 1.165) is 4.52 Å². The van der Waals surface area contributed by atoms with Gasteiger partial charge in [-0.15, -0.1) is 5.10 Å². The number of nitrogens with zero attached hydrogens (tertiary/aromatic N) is 4. The molecule has 2 aromatic heterocycles. The molecule has 0 saturated carbocycles. The third-order valence-electron chi connectivity index (χ3n) is 2.89. The van der Waals surface area contributed by atoms with E-state index in [1.165, 1.54) is 0 Å². The maximum atomic E-state index is 12.7. The van der Waals surface area contributed by atoms with Crippen molar-refractivity contribution in [2.75, 3.05) is 23.9 Å². The Kier molecular flexibility index (Phi) is 5.12. The van der Waals surface area contributed by atoms with Gasteiger partial charge in [0.15, 0.2) is 0 Å². The number of aromatic nitrogens is 4. The van der Waals surface area contributed by atoms with Gasteiger partial charge in [-0.05, 0) is 19.6 Å². The molecule has 22 heavy (non-hydrogen) atoms. The Morgan fingerprint density at radius 2 is 2.14 bits per heavy atom. The molecule has 0 amide bonds. The molecule has 1 atom stereocenters. The molecule has 6 nitrogen and oxygen atoms in total. The summed E-state index contributed by atoms with van der Waals surface area (Å²) in [5.41, 5.74) is 0.531. The average Bonchev–Trinajstić information content (AvgIpc) is 2.83. The predicted octanol–water partition coefficient (Wildman–Crippen LogP) is 1.98. The lowest BCUT2D eigenvalue weighted by Gasteiger charge is -2.18. The van der Waals surface area contributed by atoms with Crippen molar-refractivity contribution in [3.05, 3.63) is 17.6 Å². The summed E-state index contributed by atoms with van der Waals surface area (Å²) in [4.78, 5) is 7.39. The number of aliphatic hydroxyl groups is 1. The number of anilines is 1. The molecule has 0 aliphatic carbocycles. The second-order valence-electron chi connectivity index (χ2n) is 4.74. The first-order valence-electron chi connectivity index (χ1n) is 6.53. The Hall–Kier alpha value is -1.55. The van der Waals surface area contributed by atoms with Crippen molar-refractivity contribution in [1.82, 2.24) is 19.6 Å². The van der Waals surface area contributed by atoms with Crippen molar-refractivity contribution in [3.8, 4) is 0 Å². The van der Waals surface area contributed by atoms with Crippen LogP contribution in [0.15, 0.2) is 6.07 Å². The zero-order valence-electron chi connectivity index (χ0n) is 12.1. The number of fused-ring (bicyclic) bond motifs is 1. The molecule has 1 unspecified atom stereocenters. The number of rotatable bonds is 6. The first kappa shape index (κ1) is 16.8. The molecule has 0 fully saturated rings. The van der Waals surface area contributed by atoms with Gasteiger partial charge in [-0.3, -0.25) is 0 Å². The molecule has 0 aromatic carbocycles. The molecule has 0 aliphatic rings. The zero-order chi connectivity index (χ0) is 16.3. The van der Waals surface area contributed by atoms with E-state index in [1.54, 1.807) is 24.8 Å². The standard InChI is InChI=1S/C12H16F3N5OS/c1-7-5-9(17-8(3-4-21)6-22-2)20-11(16-7)18-10(19-20)12(13,14)15/h5,8,17,21H,3-4,6H2,1-2H3. The van der Waals surface area contributed by atoms with Gasteiger partial charge < -0.3 is 10.4 Å². The summed E-state index contributed by atoms with van der Waals surface area (Å²) in [6.07, 6.45) is -2.23. The predicted molar refractivity (Wildman–Crippen MR) is 78.0 cm³/mol. The van der Waals surface area contributed by atoms with Crippen LogP contribution in [0.1, 0.15) is 17.9 Å². The highest BCUT2D eigenvalue weighted by Gasteiger charge is 2.36. The highest BCUT2D eigenvalue weighted by molar-refractivity contribution is 7.98. The van der Waals surface area contributed by atoms with Crippen molar-refractivity contribution in [2.45, 2.75) is 25.6 Å². The smallest absolute Gasteiger partial charge is 0.396 e. The number of alkyl halides is 3. The summed E-state index contributed by atoms with van der Waals surface area (Å²) in [5, 5.41) is 15.7. The summed E-state index contributed by atoms with van der Waals surface area (Å²) < 4.78 is 39.3. The lowest BCUT2D eigenvalue weighted by Crippen LogP contribution is -2.25. The molecule has 10 heteroatoms. The van der Waals surface area contributed by atoms with Crippen LogP contribution in [-0.4, -0.2) is 49.3 Å². The van der Waals surface area contributed by atoms with Gasteiger partial charge in [0.05, 0.1) is 0 Å². The third-order valence-corrected chi connectivity index (χ3v) is 3.63. The van der Waals surface area contributed by atoms with Crippen molar-refractivity contribution in [1.29, 1.82) is 0 Å². The number of nitrogens with one attached hydrogen (secondary N) is 1. The normalized spacial score (nSPS) is 13.5. The van der Waals surface area contributed by atoms with E-state index in [2.05, 4.69) is 20.4 Å². The van der Waals surface area contributed by atoms with Crippen LogP contribution in [0.5, 0.6) is 0 Å². The quantitative estimate of drug-likeness (QED) is 0.841. The van der Waals surface area contributed by atoms with Crippen LogP contribution in [0.25, 0.3) is 5.78 Å². The van der Waals surface area contributed by atoms with Gasteiger partial charge in [0.1, 0.15) is 5.82 Å². The van der Waals surface area contributed by atoms with Crippen molar-refractivity contribution in [3.63, 3.8) is 0 Å². The van der Waals surface area contributed by atoms with Crippen LogP contribution in [0.2, 0.25) is 0 Å². The minimum Gasteiger partial charge on any atom is -0.396 e. The summed E-state index contributed by atoms with van der Waals surface area (Å²) >= 11 is 1.57. The maximum Gasteiger partial charge on any atom is 0.453 e. The largest absolute Gasteiger partial charge is 0.453 e. The molecular formula is C12H16F3N5OS. The Morgan fingerprint density at radius 1 is 1.41 bits per heavy atom. The molecule has 2 N–H and O–H groups in total. The summed E-state index contributed by atoms with van der Waals surface area (Å²) in [6.45, 7) is 1.65. The van der Waals surface area contributed by atoms with E-state index in [-0.39, 0.29) is 18.4 Å². The fourth-order valence-electron chi connectivity index (χ4n) is 1.97. The molecule has 0 saturated heterocycles. The highest BCUT2D eigenvalue weighted by Crippen LogP contribution is 2.27. The summed E-state index contributed by atoms with van der Waals surface area (Å²) in [7, 11) is 0. The number of hydrogen-bond acceptors (Lipinski definition) is 6. The van der Waals surface area contributed by atoms with Gasteiger partial charge in [0.2, 0.25) is 0 Å². The number of thioether (sulfide) groups is 1. The Balaban J connectivity index is 2.41. The van der Waals surface area contributed by atoms with Crippen molar-refractivity contribution >= 4 is 23.4 Å². The Labute approximate surface area is 129 Å². The lowest BCUT2D eigenvalue weighted by atomic mass is 10.2. The molecule has 122 valence electrons. The number of hydrogen-bond donors (Lipinski definition) is 2. The van der Waals surface area contributed by atoms with Gasteiger partial charge in [-0.1, -0.05) is 0 Å². The average molecular weight is 335 g/mol. The van der Waals surface area contributed by atoms with Crippen LogP contribution in [0, 0.1) is 6.92 Å². The third kappa shape index (κ3) is 3.80. The van der Waals surface area contributed by atoms with Gasteiger partial charge >= 0.3 is 6.18 Å². The van der Waals surface area contributed by atoms with Crippen LogP contribution in [0.3, 0.4) is 0 Å². The second kappa shape index (κ2) is 6.69. The second-order valence-corrected chi connectivity index (χ2v) is 5.65. The fraction of sp³-hybridized carbons (Fsp3) is 0.583. The summed E-state index contributed by atoms with van der Waals surface area (Å²) in [6, 6.07) is 1.51. The fourth-order valence-corrected chi connectivity index (χ4v) is 2.63. The Bertz CT molecular complexity index is 639. The molecule has 2 heterocycles. The molecule has 2 rings (SSSR count). The van der Waals surface area contributed by atoms with E-state index >= 15 is 0 Å². The van der Waals surface area contributed by atoms with E-state index in [9.17, 15) is 13.2 Å². The molecule has 0 bridgehead atoms. The van der Waals surface area contributed by atoms with Crippen molar-refractivity contribution < 1.29 is 18.3 Å². The zero-order valence-corrected chi connectivity index (χ0v) is 12.9. The van der Waals surface area contributed by atoms with Gasteiger partial charge in [-0.2, -0.15) is 34.4 Å². The lowest BCUT2D eigenvalue weighted by molar-refractivity contribution is -0.144. The van der Waals surface area contributed by atoms with Gasteiger partial charge in [0, 0.05) is 30.2 Å². The maximum absolute atomic E-state index is 12.7. The number of halogens is 3. The first-order valence-corrected chi connectivity index (χ1v) is 7.92. The van der Waals surface area contributed by atoms with Crippen molar-refractivity contribution in [2.24, 2.45) is 0 Å². The van der Waals surface area contributed by atoms with Crippen LogP contribution < -0.4 is 5.32 Å². The van der Waals surface area contributed by atoms with E-state index < -0.39 is 12.0 Å². The Morgan fingerprint density at radius 3 is 2.73 bits per heavy atom. The van der Waals surface area contributed by atoms with E-state index in [1.807, 2.05) is 6.26 Å². The number of aliphatic hydroxyl groups excluding tert-OH is 1. The summed E-state index contributed by atoms with van der Waals surface area (Å²) in [5.74, 6) is -0.262.